The van der Waals surface area contributed by atoms with Gasteiger partial charge in [-0.15, -0.1) is 11.8 Å². The molecule has 1 atom stereocenters. The molecule has 1 aromatic carbocycles. The number of para-hydroxylation sites is 1. The Morgan fingerprint density at radius 1 is 1.33 bits per heavy atom. The smallest absolute Gasteiger partial charge is 0.176 e. The molecular weight excluding hydrogens is 298 g/mol. The first-order chi connectivity index (χ1) is 10.2. The minimum atomic E-state index is -0.0394. The van der Waals surface area contributed by atoms with Crippen molar-refractivity contribution >= 4 is 35.0 Å². The summed E-state index contributed by atoms with van der Waals surface area (Å²) >= 11 is 3.53. The molecule has 0 saturated carbocycles. The van der Waals surface area contributed by atoms with Crippen LogP contribution >= 0.6 is 23.5 Å². The summed E-state index contributed by atoms with van der Waals surface area (Å²) in [5.41, 5.74) is 3.09. The Bertz CT molecular complexity index is 633. The third kappa shape index (κ3) is 2.92. The second-order valence-electron chi connectivity index (χ2n) is 5.30. The number of anilines is 1. The topological polar surface area (TPSA) is 29.1 Å². The van der Waals surface area contributed by atoms with E-state index < -0.39 is 0 Å². The summed E-state index contributed by atoms with van der Waals surface area (Å²) in [6.07, 6.45) is 4.33. The number of hydrogen-bond donors (Lipinski definition) is 1. The monoisotopic (exact) mass is 317 g/mol. The van der Waals surface area contributed by atoms with Crippen LogP contribution in [0.25, 0.3) is 0 Å². The molecule has 1 unspecified atom stereocenters. The molecule has 1 aromatic rings. The number of fused-ring (bicyclic) bond motifs is 1. The Labute approximate surface area is 134 Å². The van der Waals surface area contributed by atoms with Crippen molar-refractivity contribution < 1.29 is 4.79 Å². The van der Waals surface area contributed by atoms with Gasteiger partial charge < -0.3 is 5.32 Å². The molecule has 1 N–H and O–H groups in total. The van der Waals surface area contributed by atoms with Gasteiger partial charge in [-0.3, -0.25) is 4.79 Å². The van der Waals surface area contributed by atoms with Crippen molar-refractivity contribution in [3.05, 3.63) is 46.5 Å². The SMILES string of the molecule is CCCCSC1C(=O)C(C)=CC2=C1Sc1ccccc1N2. The van der Waals surface area contributed by atoms with Crippen LogP contribution in [0.15, 0.2) is 51.4 Å². The Morgan fingerprint density at radius 2 is 2.14 bits per heavy atom. The van der Waals surface area contributed by atoms with Crippen LogP contribution in [0, 0.1) is 0 Å². The van der Waals surface area contributed by atoms with Crippen molar-refractivity contribution in [1.82, 2.24) is 0 Å². The molecule has 1 heterocycles. The summed E-state index contributed by atoms with van der Waals surface area (Å²) in [6.45, 7) is 4.11. The van der Waals surface area contributed by atoms with Crippen molar-refractivity contribution in [2.45, 2.75) is 36.8 Å². The van der Waals surface area contributed by atoms with E-state index in [0.717, 1.165) is 29.1 Å². The molecule has 110 valence electrons. The van der Waals surface area contributed by atoms with Gasteiger partial charge in [-0.05, 0) is 42.9 Å². The van der Waals surface area contributed by atoms with Crippen molar-refractivity contribution in [1.29, 1.82) is 0 Å². The number of allylic oxidation sites excluding steroid dienone is 2. The molecule has 0 amide bonds. The maximum atomic E-state index is 12.5. The number of rotatable bonds is 4. The lowest BCUT2D eigenvalue weighted by Gasteiger charge is -2.30. The minimum Gasteiger partial charge on any atom is -0.354 e. The fourth-order valence-electron chi connectivity index (χ4n) is 2.45. The van der Waals surface area contributed by atoms with Crippen LogP contribution in [0.3, 0.4) is 0 Å². The van der Waals surface area contributed by atoms with Crippen LogP contribution in [0.5, 0.6) is 0 Å². The van der Waals surface area contributed by atoms with E-state index in [0.29, 0.717) is 0 Å². The number of hydrogen-bond acceptors (Lipinski definition) is 4. The molecule has 0 spiro atoms. The molecule has 3 rings (SSSR count). The average molecular weight is 317 g/mol. The molecule has 0 saturated heterocycles. The predicted molar refractivity (Wildman–Crippen MR) is 92.9 cm³/mol. The van der Waals surface area contributed by atoms with Gasteiger partial charge in [-0.1, -0.05) is 37.2 Å². The lowest BCUT2D eigenvalue weighted by molar-refractivity contribution is -0.114. The molecular formula is C17H19NOS2. The first kappa shape index (κ1) is 14.8. The molecule has 4 heteroatoms. The highest BCUT2D eigenvalue weighted by Crippen LogP contribution is 2.46. The van der Waals surface area contributed by atoms with Crippen LogP contribution in [0.4, 0.5) is 5.69 Å². The molecule has 0 bridgehead atoms. The predicted octanol–water partition coefficient (Wildman–Crippen LogP) is 4.85. The summed E-state index contributed by atoms with van der Waals surface area (Å²) in [5, 5.41) is 3.45. The summed E-state index contributed by atoms with van der Waals surface area (Å²) in [5.74, 6) is 1.31. The Kier molecular flexibility index (Phi) is 4.45. The van der Waals surface area contributed by atoms with Crippen molar-refractivity contribution in [2.75, 3.05) is 11.1 Å². The van der Waals surface area contributed by atoms with Gasteiger partial charge in [-0.25, -0.2) is 0 Å². The lowest BCUT2D eigenvalue weighted by atomic mass is 10.0. The maximum Gasteiger partial charge on any atom is 0.176 e. The first-order valence-corrected chi connectivity index (χ1v) is 9.19. The standard InChI is InChI=1S/C17H19NOS2/c1-3-4-9-20-17-15(19)11(2)10-13-16(17)21-14-8-6-5-7-12(14)18-13/h5-8,10,17-18H,3-4,9H2,1-2H3. The fraction of sp³-hybridized carbons (Fsp3) is 0.353. The van der Waals surface area contributed by atoms with E-state index in [1.807, 2.05) is 25.1 Å². The molecule has 1 aliphatic heterocycles. The summed E-state index contributed by atoms with van der Waals surface area (Å²) in [6, 6.07) is 8.28. The van der Waals surface area contributed by atoms with E-state index in [-0.39, 0.29) is 11.0 Å². The van der Waals surface area contributed by atoms with Gasteiger partial charge in [0.15, 0.2) is 5.78 Å². The van der Waals surface area contributed by atoms with Crippen molar-refractivity contribution in [3.8, 4) is 0 Å². The zero-order chi connectivity index (χ0) is 14.8. The van der Waals surface area contributed by atoms with Crippen LogP contribution in [0.1, 0.15) is 26.7 Å². The molecule has 0 fully saturated rings. The van der Waals surface area contributed by atoms with Gasteiger partial charge in [-0.2, -0.15) is 0 Å². The van der Waals surface area contributed by atoms with Gasteiger partial charge in [0.1, 0.15) is 5.25 Å². The third-order valence-corrected chi connectivity index (χ3v) is 6.36. The zero-order valence-electron chi connectivity index (χ0n) is 12.3. The zero-order valence-corrected chi connectivity index (χ0v) is 13.9. The second kappa shape index (κ2) is 6.32. The van der Waals surface area contributed by atoms with Gasteiger partial charge in [0.2, 0.25) is 0 Å². The first-order valence-electron chi connectivity index (χ1n) is 7.33. The minimum absolute atomic E-state index is 0.0394. The van der Waals surface area contributed by atoms with Gasteiger partial charge >= 0.3 is 0 Å². The highest BCUT2D eigenvalue weighted by atomic mass is 32.2. The van der Waals surface area contributed by atoms with E-state index in [1.165, 1.54) is 16.2 Å². The average Bonchev–Trinajstić information content (AvgIpc) is 2.49. The number of nitrogens with one attached hydrogen (secondary N) is 1. The summed E-state index contributed by atoms with van der Waals surface area (Å²) in [4.78, 5) is 14.9. The fourth-order valence-corrected chi connectivity index (χ4v) is 5.15. The van der Waals surface area contributed by atoms with E-state index in [9.17, 15) is 4.79 Å². The Hall–Kier alpha value is -1.13. The van der Waals surface area contributed by atoms with Gasteiger partial charge in [0.25, 0.3) is 0 Å². The number of carbonyl (C=O) groups is 1. The number of thioether (sulfide) groups is 2. The van der Waals surface area contributed by atoms with E-state index in [4.69, 9.17) is 0 Å². The summed E-state index contributed by atoms with van der Waals surface area (Å²) < 4.78 is 0. The second-order valence-corrected chi connectivity index (χ2v) is 7.59. The third-order valence-electron chi connectivity index (χ3n) is 3.65. The largest absolute Gasteiger partial charge is 0.354 e. The van der Waals surface area contributed by atoms with E-state index in [1.54, 1.807) is 23.5 Å². The normalized spacial score (nSPS) is 20.6. The molecule has 2 nitrogen and oxygen atoms in total. The molecule has 21 heavy (non-hydrogen) atoms. The van der Waals surface area contributed by atoms with Crippen LogP contribution in [0.2, 0.25) is 0 Å². The molecule has 2 aliphatic rings. The number of unbranched alkanes of at least 4 members (excludes halogenated alkanes) is 1. The quantitative estimate of drug-likeness (QED) is 0.804. The number of carbonyl (C=O) groups excluding carboxylic acids is 1. The number of Topliss-reactive ketones (excluding diaryl/α,β-unsaturated/α-hetero) is 1. The van der Waals surface area contributed by atoms with E-state index >= 15 is 0 Å². The van der Waals surface area contributed by atoms with Crippen LogP contribution in [-0.4, -0.2) is 16.8 Å². The van der Waals surface area contributed by atoms with Crippen LogP contribution < -0.4 is 5.32 Å². The van der Waals surface area contributed by atoms with Gasteiger partial charge in [0.05, 0.1) is 11.4 Å². The Balaban J connectivity index is 1.90. The number of benzene rings is 1. The van der Waals surface area contributed by atoms with Crippen LogP contribution in [-0.2, 0) is 4.79 Å². The summed E-state index contributed by atoms with van der Waals surface area (Å²) in [7, 11) is 0. The van der Waals surface area contributed by atoms with Gasteiger partial charge in [0, 0.05) is 9.80 Å². The Morgan fingerprint density at radius 3 is 2.95 bits per heavy atom. The molecule has 0 radical (unpaired) electrons. The highest BCUT2D eigenvalue weighted by Gasteiger charge is 2.33. The van der Waals surface area contributed by atoms with Crippen molar-refractivity contribution in [2.24, 2.45) is 0 Å². The maximum absolute atomic E-state index is 12.5. The van der Waals surface area contributed by atoms with Crippen molar-refractivity contribution in [3.63, 3.8) is 0 Å². The molecule has 0 aromatic heterocycles. The highest BCUT2D eigenvalue weighted by molar-refractivity contribution is 8.06. The lowest BCUT2D eigenvalue weighted by Crippen LogP contribution is -2.27. The van der Waals surface area contributed by atoms with E-state index in [2.05, 4.69) is 24.4 Å². The molecule has 1 aliphatic carbocycles. The number of ketones is 1.